The van der Waals surface area contributed by atoms with Crippen molar-refractivity contribution < 1.29 is 14.3 Å². The molecule has 0 aromatic heterocycles. The maximum absolute atomic E-state index is 13.4. The van der Waals surface area contributed by atoms with Crippen molar-refractivity contribution >= 4 is 5.91 Å². The maximum atomic E-state index is 13.4. The molecule has 6 heteroatoms. The molecule has 1 unspecified atom stereocenters. The van der Waals surface area contributed by atoms with Gasteiger partial charge in [-0.05, 0) is 70.6 Å². The van der Waals surface area contributed by atoms with E-state index in [1.807, 2.05) is 0 Å². The third-order valence-electron chi connectivity index (χ3n) is 7.02. The number of ether oxygens (including phenoxy) is 2. The standard InChI is InChI=1S/C22H41N3O3/c1-3-24-10-4-5-21(24)18-25(22(26)20-8-14-28-15-9-20)17-19-6-11-23(12-7-19)13-16-27-2/h19-21H,3-18H2,1-2H3. The van der Waals surface area contributed by atoms with Gasteiger partial charge in [0.1, 0.15) is 0 Å². The Kier molecular flexibility index (Phi) is 9.03. The van der Waals surface area contributed by atoms with Crippen LogP contribution in [-0.4, -0.2) is 99.4 Å². The lowest BCUT2D eigenvalue weighted by Crippen LogP contribution is -2.49. The monoisotopic (exact) mass is 395 g/mol. The molecule has 3 aliphatic heterocycles. The van der Waals surface area contributed by atoms with Crippen molar-refractivity contribution in [2.75, 3.05) is 72.7 Å². The molecule has 162 valence electrons. The predicted molar refractivity (Wildman–Crippen MR) is 111 cm³/mol. The molecule has 0 aromatic rings. The van der Waals surface area contributed by atoms with E-state index in [1.165, 1.54) is 32.2 Å². The van der Waals surface area contributed by atoms with Crippen LogP contribution in [0.4, 0.5) is 0 Å². The fourth-order valence-electron chi connectivity index (χ4n) is 5.15. The zero-order valence-corrected chi connectivity index (χ0v) is 18.1. The Labute approximate surface area is 171 Å². The molecule has 3 heterocycles. The Morgan fingerprint density at radius 3 is 2.50 bits per heavy atom. The molecule has 0 N–H and O–H groups in total. The largest absolute Gasteiger partial charge is 0.383 e. The summed E-state index contributed by atoms with van der Waals surface area (Å²) in [6.07, 6.45) is 6.70. The highest BCUT2D eigenvalue weighted by Crippen LogP contribution is 2.25. The molecule has 28 heavy (non-hydrogen) atoms. The smallest absolute Gasteiger partial charge is 0.225 e. The lowest BCUT2D eigenvalue weighted by molar-refractivity contribution is -0.140. The molecule has 3 rings (SSSR count). The third-order valence-corrected chi connectivity index (χ3v) is 7.02. The molecular formula is C22H41N3O3. The highest BCUT2D eigenvalue weighted by atomic mass is 16.5. The zero-order chi connectivity index (χ0) is 19.8. The van der Waals surface area contributed by atoms with Crippen molar-refractivity contribution in [3.05, 3.63) is 0 Å². The average molecular weight is 396 g/mol. The normalized spacial score (nSPS) is 26.0. The molecule has 0 bridgehead atoms. The van der Waals surface area contributed by atoms with Gasteiger partial charge in [-0.25, -0.2) is 0 Å². The first-order valence-electron chi connectivity index (χ1n) is 11.5. The number of methoxy groups -OCH3 is 1. The third kappa shape index (κ3) is 6.15. The van der Waals surface area contributed by atoms with Crippen LogP contribution in [0.1, 0.15) is 45.4 Å². The molecule has 3 fully saturated rings. The van der Waals surface area contributed by atoms with Crippen LogP contribution in [0.15, 0.2) is 0 Å². The van der Waals surface area contributed by atoms with E-state index in [4.69, 9.17) is 9.47 Å². The van der Waals surface area contributed by atoms with Crippen molar-refractivity contribution in [1.82, 2.24) is 14.7 Å². The number of amides is 1. The molecule has 0 saturated carbocycles. The van der Waals surface area contributed by atoms with Gasteiger partial charge >= 0.3 is 0 Å². The van der Waals surface area contributed by atoms with Gasteiger partial charge in [-0.2, -0.15) is 0 Å². The zero-order valence-electron chi connectivity index (χ0n) is 18.1. The van der Waals surface area contributed by atoms with Crippen molar-refractivity contribution in [1.29, 1.82) is 0 Å². The van der Waals surface area contributed by atoms with Crippen LogP contribution >= 0.6 is 0 Å². The van der Waals surface area contributed by atoms with Crippen LogP contribution in [0.3, 0.4) is 0 Å². The predicted octanol–water partition coefficient (Wildman–Crippen LogP) is 2.08. The molecule has 1 amide bonds. The minimum atomic E-state index is 0.173. The number of likely N-dealkylation sites (tertiary alicyclic amines) is 2. The van der Waals surface area contributed by atoms with Crippen molar-refractivity contribution in [2.24, 2.45) is 11.8 Å². The molecule has 6 nitrogen and oxygen atoms in total. The Bertz CT molecular complexity index is 462. The molecular weight excluding hydrogens is 354 g/mol. The topological polar surface area (TPSA) is 45.2 Å². The van der Waals surface area contributed by atoms with Gasteiger partial charge in [-0.3, -0.25) is 9.69 Å². The summed E-state index contributed by atoms with van der Waals surface area (Å²) in [5, 5.41) is 0. The van der Waals surface area contributed by atoms with Gasteiger partial charge in [0.25, 0.3) is 0 Å². The second-order valence-corrected chi connectivity index (χ2v) is 8.83. The first-order valence-corrected chi connectivity index (χ1v) is 11.5. The van der Waals surface area contributed by atoms with Crippen LogP contribution in [0.2, 0.25) is 0 Å². The first-order chi connectivity index (χ1) is 13.7. The second-order valence-electron chi connectivity index (χ2n) is 8.83. The van der Waals surface area contributed by atoms with Crippen molar-refractivity contribution in [3.63, 3.8) is 0 Å². The van der Waals surface area contributed by atoms with Crippen LogP contribution in [0.5, 0.6) is 0 Å². The maximum Gasteiger partial charge on any atom is 0.225 e. The molecule has 3 saturated heterocycles. The minimum absolute atomic E-state index is 0.173. The molecule has 0 aliphatic carbocycles. The summed E-state index contributed by atoms with van der Waals surface area (Å²) in [5.74, 6) is 1.21. The van der Waals surface area contributed by atoms with Gasteiger partial charge in [0.05, 0.1) is 6.61 Å². The summed E-state index contributed by atoms with van der Waals surface area (Å²) in [6, 6.07) is 0.551. The van der Waals surface area contributed by atoms with Gasteiger partial charge in [0, 0.05) is 51.9 Å². The van der Waals surface area contributed by atoms with Gasteiger partial charge in [0.15, 0.2) is 0 Å². The van der Waals surface area contributed by atoms with Gasteiger partial charge in [-0.1, -0.05) is 6.92 Å². The van der Waals surface area contributed by atoms with E-state index in [-0.39, 0.29) is 5.92 Å². The van der Waals surface area contributed by atoms with Crippen molar-refractivity contribution in [2.45, 2.75) is 51.5 Å². The number of hydrogen-bond donors (Lipinski definition) is 0. The van der Waals surface area contributed by atoms with Gasteiger partial charge in [0.2, 0.25) is 5.91 Å². The molecule has 0 radical (unpaired) electrons. The summed E-state index contributed by atoms with van der Waals surface area (Å²) in [6.45, 7) is 12.0. The van der Waals surface area contributed by atoms with E-state index >= 15 is 0 Å². The van der Waals surface area contributed by atoms with Crippen molar-refractivity contribution in [3.8, 4) is 0 Å². The van der Waals surface area contributed by atoms with Crippen LogP contribution < -0.4 is 0 Å². The SMILES string of the molecule is CCN1CCCC1CN(CC1CCN(CCOC)CC1)C(=O)C1CCOCC1. The Balaban J connectivity index is 1.57. The van der Waals surface area contributed by atoms with Crippen LogP contribution in [0.25, 0.3) is 0 Å². The summed E-state index contributed by atoms with van der Waals surface area (Å²) >= 11 is 0. The number of likely N-dealkylation sites (N-methyl/N-ethyl adjacent to an activating group) is 1. The fourth-order valence-corrected chi connectivity index (χ4v) is 5.15. The number of piperidine rings is 1. The molecule has 0 aromatic carbocycles. The van der Waals surface area contributed by atoms with E-state index in [0.717, 1.165) is 71.9 Å². The lowest BCUT2D eigenvalue weighted by Gasteiger charge is -2.38. The van der Waals surface area contributed by atoms with Crippen LogP contribution in [0, 0.1) is 11.8 Å². The van der Waals surface area contributed by atoms with Gasteiger partial charge in [-0.15, -0.1) is 0 Å². The van der Waals surface area contributed by atoms with E-state index in [1.54, 1.807) is 7.11 Å². The Hall–Kier alpha value is -0.690. The average Bonchev–Trinajstić information content (AvgIpc) is 3.20. The highest BCUT2D eigenvalue weighted by molar-refractivity contribution is 5.79. The van der Waals surface area contributed by atoms with E-state index in [2.05, 4.69) is 21.6 Å². The Morgan fingerprint density at radius 2 is 1.82 bits per heavy atom. The minimum Gasteiger partial charge on any atom is -0.383 e. The molecule has 3 aliphatic rings. The summed E-state index contributed by atoms with van der Waals surface area (Å²) in [4.78, 5) is 20.7. The quantitative estimate of drug-likeness (QED) is 0.598. The fraction of sp³-hybridized carbons (Fsp3) is 0.955. The number of carbonyl (C=O) groups excluding carboxylic acids is 1. The number of nitrogens with zero attached hydrogens (tertiary/aromatic N) is 3. The van der Waals surface area contributed by atoms with E-state index in [9.17, 15) is 4.79 Å². The number of rotatable bonds is 9. The second kappa shape index (κ2) is 11.5. The summed E-state index contributed by atoms with van der Waals surface area (Å²) in [7, 11) is 1.77. The summed E-state index contributed by atoms with van der Waals surface area (Å²) < 4.78 is 10.7. The molecule has 1 atom stereocenters. The Morgan fingerprint density at radius 1 is 1.07 bits per heavy atom. The lowest BCUT2D eigenvalue weighted by atomic mass is 9.93. The van der Waals surface area contributed by atoms with Crippen LogP contribution in [-0.2, 0) is 14.3 Å². The molecule has 0 spiro atoms. The van der Waals surface area contributed by atoms with Gasteiger partial charge < -0.3 is 19.3 Å². The first kappa shape index (κ1) is 22.0. The number of carbonyl (C=O) groups is 1. The summed E-state index contributed by atoms with van der Waals surface area (Å²) in [5.41, 5.74) is 0. The number of hydrogen-bond acceptors (Lipinski definition) is 5. The van der Waals surface area contributed by atoms with E-state index in [0.29, 0.717) is 17.9 Å². The van der Waals surface area contributed by atoms with E-state index < -0.39 is 0 Å². The highest BCUT2D eigenvalue weighted by Gasteiger charge is 2.33.